The number of anilines is 1. The number of ether oxygens (including phenoxy) is 5. The number of β-amino-alcohol motifs (C(OH)–C–C–N with tert-alkyl or cyclic N) is 1. The Hall–Kier alpha value is -5.47. The minimum absolute atomic E-state index is 0.0743. The fraction of sp³-hybridized carbons (Fsp3) is 0.436. The number of amides is 3. The van der Waals surface area contributed by atoms with E-state index in [1.807, 2.05) is 6.92 Å². The zero-order valence-corrected chi connectivity index (χ0v) is 33.5. The van der Waals surface area contributed by atoms with Crippen molar-refractivity contribution in [3.05, 3.63) is 76.7 Å². The van der Waals surface area contributed by atoms with Crippen molar-refractivity contribution >= 4 is 44.5 Å². The minimum atomic E-state index is -4.26. The standard InChI is InChI=1S/C39H50N6O12S/c1-4-14-56-29-8-6-9-30(21-29)57-35-23-34-33(43(2)39(50)44(34)3)22-32(35)42-58(51,52)31-10-5-7-27(20-31)38(49)40-12-15-53-16-17-54-18-19-55-26-36(47)41-24-37(48)45-13-11-28(46)25-45/h5-10,20-23,28,42,46H,4,11-19,24-26H2,1-3H3,(H,40,49)(H,41,47)/t28-/m0/s1. The molecular weight excluding hydrogens is 777 g/mol. The maximum absolute atomic E-state index is 13.7. The molecule has 0 bridgehead atoms. The topological polar surface area (TPSA) is 218 Å². The van der Waals surface area contributed by atoms with E-state index in [2.05, 4.69) is 15.4 Å². The summed E-state index contributed by atoms with van der Waals surface area (Å²) in [7, 11) is -1.07. The Kier molecular flexibility index (Phi) is 15.7. The Labute approximate surface area is 336 Å². The molecule has 1 saturated heterocycles. The van der Waals surface area contributed by atoms with Gasteiger partial charge in [-0.3, -0.25) is 28.2 Å². The monoisotopic (exact) mass is 826 g/mol. The molecule has 1 atom stereocenters. The molecule has 314 valence electrons. The van der Waals surface area contributed by atoms with Crippen LogP contribution < -0.4 is 30.5 Å². The van der Waals surface area contributed by atoms with Crippen LogP contribution in [0.15, 0.2) is 70.4 Å². The van der Waals surface area contributed by atoms with Gasteiger partial charge >= 0.3 is 5.69 Å². The number of hydrogen-bond donors (Lipinski definition) is 4. The summed E-state index contributed by atoms with van der Waals surface area (Å²) >= 11 is 0. The van der Waals surface area contributed by atoms with Gasteiger partial charge in [0.1, 0.15) is 18.1 Å². The minimum Gasteiger partial charge on any atom is -0.493 e. The Morgan fingerprint density at radius 2 is 1.53 bits per heavy atom. The van der Waals surface area contributed by atoms with E-state index in [1.165, 1.54) is 44.4 Å². The first-order valence-corrected chi connectivity index (χ1v) is 20.3. The number of carbonyl (C=O) groups excluding carboxylic acids is 3. The molecule has 4 N–H and O–H groups in total. The number of nitrogens with zero attached hydrogens (tertiary/aromatic N) is 3. The fourth-order valence-electron chi connectivity index (χ4n) is 5.92. The first-order valence-electron chi connectivity index (χ1n) is 18.8. The quantitative estimate of drug-likeness (QED) is 0.0834. The highest BCUT2D eigenvalue weighted by Gasteiger charge is 2.25. The first kappa shape index (κ1) is 43.6. The number of hydrogen-bond acceptors (Lipinski definition) is 12. The van der Waals surface area contributed by atoms with Gasteiger partial charge < -0.3 is 44.3 Å². The van der Waals surface area contributed by atoms with Crippen molar-refractivity contribution in [3.63, 3.8) is 0 Å². The van der Waals surface area contributed by atoms with E-state index < -0.39 is 27.9 Å². The average Bonchev–Trinajstić information content (AvgIpc) is 3.74. The summed E-state index contributed by atoms with van der Waals surface area (Å²) in [6.45, 7) is 4.02. The van der Waals surface area contributed by atoms with Crippen LogP contribution in [0.2, 0.25) is 0 Å². The van der Waals surface area contributed by atoms with Gasteiger partial charge in [-0.15, -0.1) is 0 Å². The van der Waals surface area contributed by atoms with Crippen LogP contribution in [0.5, 0.6) is 17.2 Å². The van der Waals surface area contributed by atoms with Crippen LogP contribution in [-0.4, -0.2) is 124 Å². The summed E-state index contributed by atoms with van der Waals surface area (Å²) in [5, 5.41) is 14.7. The van der Waals surface area contributed by atoms with Crippen molar-refractivity contribution in [2.24, 2.45) is 14.1 Å². The lowest BCUT2D eigenvalue weighted by Gasteiger charge is -2.15. The molecule has 1 aliphatic rings. The van der Waals surface area contributed by atoms with E-state index in [0.717, 1.165) is 6.42 Å². The van der Waals surface area contributed by atoms with Gasteiger partial charge in [-0.25, -0.2) is 13.2 Å². The molecule has 0 aliphatic carbocycles. The Morgan fingerprint density at radius 1 is 0.845 bits per heavy atom. The third-order valence-corrected chi connectivity index (χ3v) is 10.4. The number of aromatic nitrogens is 2. The molecule has 0 spiro atoms. The van der Waals surface area contributed by atoms with E-state index in [4.69, 9.17) is 23.7 Å². The van der Waals surface area contributed by atoms with Crippen LogP contribution in [0.4, 0.5) is 5.69 Å². The van der Waals surface area contributed by atoms with E-state index in [0.29, 0.717) is 42.1 Å². The number of likely N-dealkylation sites (tertiary alicyclic amines) is 1. The second-order valence-electron chi connectivity index (χ2n) is 13.4. The Morgan fingerprint density at radius 3 is 2.26 bits per heavy atom. The van der Waals surface area contributed by atoms with Gasteiger partial charge in [0.25, 0.3) is 15.9 Å². The molecule has 58 heavy (non-hydrogen) atoms. The molecule has 19 heteroatoms. The molecule has 3 aromatic carbocycles. The van der Waals surface area contributed by atoms with Gasteiger partial charge in [0, 0.05) is 51.4 Å². The largest absolute Gasteiger partial charge is 0.493 e. The van der Waals surface area contributed by atoms with E-state index in [-0.39, 0.29) is 92.8 Å². The van der Waals surface area contributed by atoms with Gasteiger partial charge in [0.2, 0.25) is 11.8 Å². The third kappa shape index (κ3) is 12.0. The summed E-state index contributed by atoms with van der Waals surface area (Å²) < 4.78 is 61.0. The number of aryl methyl sites for hydroxylation is 2. The lowest BCUT2D eigenvalue weighted by atomic mass is 10.2. The lowest BCUT2D eigenvalue weighted by Crippen LogP contribution is -2.40. The van der Waals surface area contributed by atoms with Crippen molar-refractivity contribution in [1.29, 1.82) is 0 Å². The third-order valence-electron chi connectivity index (χ3n) is 8.99. The second kappa shape index (κ2) is 20.8. The molecule has 4 aromatic rings. The molecule has 18 nitrogen and oxygen atoms in total. The van der Waals surface area contributed by atoms with Crippen molar-refractivity contribution in [2.45, 2.75) is 30.8 Å². The van der Waals surface area contributed by atoms with E-state index in [1.54, 1.807) is 44.4 Å². The maximum Gasteiger partial charge on any atom is 0.328 e. The number of sulfonamides is 1. The summed E-state index contributed by atoms with van der Waals surface area (Å²) in [6, 6.07) is 15.6. The number of aliphatic hydroxyl groups is 1. The summed E-state index contributed by atoms with van der Waals surface area (Å²) in [4.78, 5) is 50.9. The Bertz CT molecular complexity index is 2220. The number of aliphatic hydroxyl groups excluding tert-OH is 1. The highest BCUT2D eigenvalue weighted by Crippen LogP contribution is 2.36. The molecule has 2 heterocycles. The van der Waals surface area contributed by atoms with Crippen molar-refractivity contribution in [3.8, 4) is 17.2 Å². The average molecular weight is 827 g/mol. The van der Waals surface area contributed by atoms with Gasteiger partial charge in [0.15, 0.2) is 5.75 Å². The van der Waals surface area contributed by atoms with Crippen LogP contribution in [0.25, 0.3) is 11.0 Å². The molecule has 1 aromatic heterocycles. The number of carbonyl (C=O) groups is 3. The molecule has 1 fully saturated rings. The van der Waals surface area contributed by atoms with Crippen molar-refractivity contribution in [2.75, 3.05) is 77.1 Å². The fourth-order valence-corrected chi connectivity index (χ4v) is 7.03. The summed E-state index contributed by atoms with van der Waals surface area (Å²) in [5.41, 5.74) is 0.876. The molecule has 5 rings (SSSR count). The highest BCUT2D eigenvalue weighted by molar-refractivity contribution is 7.92. The van der Waals surface area contributed by atoms with E-state index >= 15 is 0 Å². The van der Waals surface area contributed by atoms with Gasteiger partial charge in [-0.1, -0.05) is 19.1 Å². The zero-order chi connectivity index (χ0) is 41.7. The molecular formula is C39H50N6O12S. The normalized spacial score (nSPS) is 14.1. The van der Waals surface area contributed by atoms with Crippen molar-refractivity contribution in [1.82, 2.24) is 24.7 Å². The number of benzene rings is 3. The number of fused-ring (bicyclic) bond motifs is 1. The molecule has 3 amide bonds. The molecule has 0 radical (unpaired) electrons. The van der Waals surface area contributed by atoms with Crippen LogP contribution in [0, 0.1) is 0 Å². The summed E-state index contributed by atoms with van der Waals surface area (Å²) in [5.74, 6) is -0.0849. The molecule has 1 aliphatic heterocycles. The SMILES string of the molecule is CCCOc1cccc(Oc2cc3c(cc2NS(=O)(=O)c2cccc(C(=O)NCCOCCOCCOCC(=O)NCC(=O)N4CC[C@H](O)C4)c2)n(C)c(=O)n3C)c1. The summed E-state index contributed by atoms with van der Waals surface area (Å²) in [6.07, 6.45) is 0.823. The van der Waals surface area contributed by atoms with Crippen LogP contribution in [-0.2, 0) is 47.9 Å². The molecule has 0 saturated carbocycles. The Balaban J connectivity index is 1.06. The van der Waals surface area contributed by atoms with E-state index in [9.17, 15) is 32.7 Å². The van der Waals surface area contributed by atoms with Gasteiger partial charge in [0.05, 0.1) is 73.9 Å². The second-order valence-corrected chi connectivity index (χ2v) is 15.1. The lowest BCUT2D eigenvalue weighted by molar-refractivity contribution is -0.133. The first-order chi connectivity index (χ1) is 27.9. The number of rotatable bonds is 22. The predicted octanol–water partition coefficient (Wildman–Crippen LogP) is 1.75. The van der Waals surface area contributed by atoms with Crippen LogP contribution in [0.1, 0.15) is 30.1 Å². The highest BCUT2D eigenvalue weighted by atomic mass is 32.2. The number of nitrogens with one attached hydrogen (secondary N) is 3. The van der Waals surface area contributed by atoms with Gasteiger partial charge in [-0.05, 0) is 49.2 Å². The molecule has 0 unspecified atom stereocenters. The zero-order valence-electron chi connectivity index (χ0n) is 32.7. The van der Waals surface area contributed by atoms with Crippen molar-refractivity contribution < 1.29 is 51.6 Å². The number of imidazole rings is 1. The van der Waals surface area contributed by atoms with Crippen LogP contribution in [0.3, 0.4) is 0 Å². The maximum atomic E-state index is 13.7. The van der Waals surface area contributed by atoms with Gasteiger partial charge in [-0.2, -0.15) is 0 Å². The van der Waals surface area contributed by atoms with Crippen LogP contribution >= 0.6 is 0 Å². The smallest absolute Gasteiger partial charge is 0.328 e. The predicted molar refractivity (Wildman–Crippen MR) is 213 cm³/mol.